The number of aromatic nitrogens is 1. The number of rotatable bonds is 10. The third kappa shape index (κ3) is 8.17. The third-order valence-corrected chi connectivity index (χ3v) is 7.09. The van der Waals surface area contributed by atoms with Crippen LogP contribution in [-0.2, 0) is 25.6 Å². The Labute approximate surface area is 230 Å². The number of thioether (sulfide) groups is 1. The zero-order chi connectivity index (χ0) is 27.6. The zero-order valence-corrected chi connectivity index (χ0v) is 22.3. The van der Waals surface area contributed by atoms with Gasteiger partial charge in [-0.05, 0) is 36.2 Å². The monoisotopic (exact) mass is 553 g/mol. The van der Waals surface area contributed by atoms with Crippen LogP contribution in [0.15, 0.2) is 78.0 Å². The largest absolute Gasteiger partial charge is 0.618 e. The molecule has 1 fully saturated rings. The van der Waals surface area contributed by atoms with E-state index < -0.39 is 18.3 Å². The van der Waals surface area contributed by atoms with E-state index >= 15 is 0 Å². The predicted octanol–water partition coefficient (Wildman–Crippen LogP) is 3.83. The number of amides is 2. The Morgan fingerprint density at radius 3 is 2.67 bits per heavy atom. The number of aliphatic hydroxyl groups is 1. The number of pyridine rings is 1. The van der Waals surface area contributed by atoms with Gasteiger partial charge in [-0.1, -0.05) is 48.2 Å². The number of aliphatic hydroxyl groups excluding tert-OH is 1. The minimum absolute atomic E-state index is 0.0454. The Bertz CT molecular complexity index is 1260. The van der Waals surface area contributed by atoms with Crippen molar-refractivity contribution >= 4 is 29.4 Å². The molecule has 1 aliphatic rings. The van der Waals surface area contributed by atoms with Crippen LogP contribution in [0.25, 0.3) is 0 Å². The summed E-state index contributed by atoms with van der Waals surface area (Å²) in [6, 6.07) is 19.4. The maximum Gasteiger partial charge on any atom is 0.325 e. The van der Waals surface area contributed by atoms with Crippen LogP contribution < -0.4 is 15.4 Å². The maximum absolute atomic E-state index is 12.3. The van der Waals surface area contributed by atoms with Crippen molar-refractivity contribution in [2.75, 3.05) is 24.2 Å². The maximum atomic E-state index is 12.3. The van der Waals surface area contributed by atoms with Gasteiger partial charge in [0.15, 0.2) is 12.5 Å². The van der Waals surface area contributed by atoms with Crippen LogP contribution in [0.2, 0.25) is 0 Å². The molecule has 10 nitrogen and oxygen atoms in total. The SMILES string of the molecule is CCOC(=O)CNC(=O)Nc1cccc(C2OC(CSc3cccc[n+]3[O-])CC(c3ccc(CO)cc3)O2)c1. The standard InChI is InChI=1S/C28H31N3O7S/c1-2-36-26(33)16-29-28(34)30-22-7-5-6-21(14-22)27-37-23(18-39-25-8-3-4-13-31(25)35)15-24(38-27)20-11-9-19(17-32)10-12-20/h3-14,23-24,27,32H,2,15-18H2,1H3,(H2,29,30,34). The Hall–Kier alpha value is -3.64. The van der Waals surface area contributed by atoms with E-state index in [0.717, 1.165) is 15.9 Å². The molecule has 0 saturated carbocycles. The van der Waals surface area contributed by atoms with Gasteiger partial charge in [0, 0.05) is 35.6 Å². The third-order valence-electron chi connectivity index (χ3n) is 5.94. The lowest BCUT2D eigenvalue weighted by Crippen LogP contribution is -2.34. The Morgan fingerprint density at radius 2 is 1.92 bits per heavy atom. The molecule has 39 heavy (non-hydrogen) atoms. The van der Waals surface area contributed by atoms with Gasteiger partial charge in [-0.2, -0.15) is 4.73 Å². The molecule has 0 bridgehead atoms. The van der Waals surface area contributed by atoms with E-state index in [2.05, 4.69) is 10.6 Å². The molecule has 3 N–H and O–H groups in total. The van der Waals surface area contributed by atoms with Gasteiger partial charge in [0.25, 0.3) is 5.03 Å². The molecule has 0 radical (unpaired) electrons. The summed E-state index contributed by atoms with van der Waals surface area (Å²) in [7, 11) is 0. The Morgan fingerprint density at radius 1 is 1.10 bits per heavy atom. The molecule has 2 aromatic carbocycles. The molecule has 1 aromatic heterocycles. The van der Waals surface area contributed by atoms with Crippen molar-refractivity contribution in [1.29, 1.82) is 0 Å². The molecule has 3 unspecified atom stereocenters. The summed E-state index contributed by atoms with van der Waals surface area (Å²) in [6.07, 6.45) is 0.777. The first-order valence-corrected chi connectivity index (χ1v) is 13.6. The van der Waals surface area contributed by atoms with E-state index in [9.17, 15) is 19.9 Å². The van der Waals surface area contributed by atoms with Gasteiger partial charge in [-0.3, -0.25) is 4.79 Å². The minimum atomic E-state index is -0.730. The van der Waals surface area contributed by atoms with Crippen LogP contribution in [0.3, 0.4) is 0 Å². The summed E-state index contributed by atoms with van der Waals surface area (Å²) in [5.41, 5.74) is 2.95. The highest BCUT2D eigenvalue weighted by Crippen LogP contribution is 2.39. The molecule has 0 spiro atoms. The number of esters is 1. The highest BCUT2D eigenvalue weighted by atomic mass is 32.2. The topological polar surface area (TPSA) is 133 Å². The number of urea groups is 1. The van der Waals surface area contributed by atoms with Crippen LogP contribution in [0.1, 0.15) is 42.4 Å². The number of nitrogens with zero attached hydrogens (tertiary/aromatic N) is 1. The summed E-state index contributed by atoms with van der Waals surface area (Å²) < 4.78 is 18.3. The fourth-order valence-electron chi connectivity index (χ4n) is 4.03. The van der Waals surface area contributed by atoms with Crippen molar-refractivity contribution < 1.29 is 33.6 Å². The van der Waals surface area contributed by atoms with E-state index in [1.165, 1.54) is 18.0 Å². The summed E-state index contributed by atoms with van der Waals surface area (Å²) in [4.78, 5) is 23.8. The molecular weight excluding hydrogens is 522 g/mol. The number of anilines is 1. The molecule has 3 atom stereocenters. The number of carbonyl (C=O) groups excluding carboxylic acids is 2. The summed E-state index contributed by atoms with van der Waals surface area (Å²) in [5.74, 6) is 0.0105. The van der Waals surface area contributed by atoms with Gasteiger partial charge in [-0.25, -0.2) is 4.79 Å². The lowest BCUT2D eigenvalue weighted by molar-refractivity contribution is -0.645. The quantitative estimate of drug-likeness (QED) is 0.149. The number of hydrogen-bond donors (Lipinski definition) is 3. The van der Waals surface area contributed by atoms with Crippen LogP contribution >= 0.6 is 11.8 Å². The number of hydrogen-bond acceptors (Lipinski definition) is 8. The van der Waals surface area contributed by atoms with Crippen molar-refractivity contribution in [2.24, 2.45) is 0 Å². The molecule has 0 aliphatic carbocycles. The van der Waals surface area contributed by atoms with E-state index in [-0.39, 0.29) is 32.0 Å². The number of benzene rings is 2. The highest BCUT2D eigenvalue weighted by molar-refractivity contribution is 7.99. The molecule has 4 rings (SSSR count). The lowest BCUT2D eigenvalue weighted by Gasteiger charge is -2.36. The van der Waals surface area contributed by atoms with Crippen molar-refractivity contribution in [3.63, 3.8) is 0 Å². The Balaban J connectivity index is 1.48. The van der Waals surface area contributed by atoms with E-state index in [1.807, 2.05) is 36.4 Å². The van der Waals surface area contributed by atoms with E-state index in [0.29, 0.717) is 28.5 Å². The molecule has 2 amide bonds. The van der Waals surface area contributed by atoms with Gasteiger partial charge in [0.1, 0.15) is 6.54 Å². The van der Waals surface area contributed by atoms with E-state index in [1.54, 1.807) is 37.3 Å². The second kappa shape index (κ2) is 13.9. The normalized spacial score (nSPS) is 18.8. The summed E-state index contributed by atoms with van der Waals surface area (Å²) >= 11 is 1.41. The van der Waals surface area contributed by atoms with Crippen molar-refractivity contribution in [1.82, 2.24) is 5.32 Å². The fraction of sp³-hybridized carbons (Fsp3) is 0.321. The van der Waals surface area contributed by atoms with Gasteiger partial charge in [0.2, 0.25) is 0 Å². The Kier molecular flexibility index (Phi) is 10.1. The average Bonchev–Trinajstić information content (AvgIpc) is 2.96. The molecule has 2 heterocycles. The first kappa shape index (κ1) is 28.4. The van der Waals surface area contributed by atoms with Crippen molar-refractivity contribution in [3.05, 3.63) is 94.8 Å². The van der Waals surface area contributed by atoms with Crippen LogP contribution in [0.4, 0.5) is 10.5 Å². The molecule has 3 aromatic rings. The van der Waals surface area contributed by atoms with E-state index in [4.69, 9.17) is 14.2 Å². The molecular formula is C28H31N3O7S. The van der Waals surface area contributed by atoms with Gasteiger partial charge >= 0.3 is 12.0 Å². The fourth-order valence-corrected chi connectivity index (χ4v) is 4.96. The molecule has 206 valence electrons. The van der Waals surface area contributed by atoms with Gasteiger partial charge in [-0.15, -0.1) is 0 Å². The second-order valence-electron chi connectivity index (χ2n) is 8.76. The summed E-state index contributed by atoms with van der Waals surface area (Å²) in [6.45, 7) is 1.64. The minimum Gasteiger partial charge on any atom is -0.618 e. The highest BCUT2D eigenvalue weighted by Gasteiger charge is 2.33. The van der Waals surface area contributed by atoms with Gasteiger partial charge < -0.3 is 35.2 Å². The average molecular weight is 554 g/mol. The second-order valence-corrected chi connectivity index (χ2v) is 9.80. The molecule has 1 aliphatic heterocycles. The first-order chi connectivity index (χ1) is 18.9. The summed E-state index contributed by atoms with van der Waals surface area (Å²) in [5, 5.41) is 27.3. The van der Waals surface area contributed by atoms with Gasteiger partial charge in [0.05, 0.1) is 25.4 Å². The predicted molar refractivity (Wildman–Crippen MR) is 145 cm³/mol. The first-order valence-electron chi connectivity index (χ1n) is 12.6. The molecule has 11 heteroatoms. The van der Waals surface area contributed by atoms with Crippen molar-refractivity contribution in [2.45, 2.75) is 43.5 Å². The number of carbonyl (C=O) groups is 2. The number of nitrogens with one attached hydrogen (secondary N) is 2. The smallest absolute Gasteiger partial charge is 0.325 e. The van der Waals surface area contributed by atoms with Crippen LogP contribution in [0.5, 0.6) is 0 Å². The number of ether oxygens (including phenoxy) is 3. The lowest BCUT2D eigenvalue weighted by atomic mass is 10.0. The zero-order valence-electron chi connectivity index (χ0n) is 21.4. The molecule has 1 saturated heterocycles. The van der Waals surface area contributed by atoms with Crippen molar-refractivity contribution in [3.8, 4) is 0 Å². The van der Waals surface area contributed by atoms with Crippen LogP contribution in [-0.4, -0.2) is 42.1 Å². The van der Waals surface area contributed by atoms with Crippen LogP contribution in [0, 0.1) is 5.21 Å².